The van der Waals surface area contributed by atoms with Crippen molar-refractivity contribution in [3.05, 3.63) is 107 Å². The lowest BCUT2D eigenvalue weighted by Gasteiger charge is -2.11. The number of rotatable bonds is 2. The monoisotopic (exact) mass is 390 g/mol. The fourth-order valence-corrected chi connectivity index (χ4v) is 2.66. The summed E-state index contributed by atoms with van der Waals surface area (Å²) in [5.41, 5.74) is 2.26. The van der Waals surface area contributed by atoms with Gasteiger partial charge in [0, 0.05) is 29.4 Å². The normalized spacial score (nSPS) is 11.6. The van der Waals surface area contributed by atoms with Crippen molar-refractivity contribution in [2.75, 3.05) is 7.11 Å². The van der Waals surface area contributed by atoms with Crippen LogP contribution in [0.1, 0.15) is 33.9 Å². The molecule has 0 heterocycles. The fourth-order valence-electron chi connectivity index (χ4n) is 2.66. The summed E-state index contributed by atoms with van der Waals surface area (Å²) in [6.07, 6.45) is -4.92. The van der Waals surface area contributed by atoms with Crippen molar-refractivity contribution in [2.24, 2.45) is 0 Å². The number of alkyl halides is 3. The smallest absolute Gasteiger partial charge is 0.364 e. The molecule has 0 bridgehead atoms. The SMILES string of the molecule is COC(C#Cc1ccc(C(F)(F)F)cc1)c1ccccc1C#Cc1ccccc1. The van der Waals surface area contributed by atoms with Crippen molar-refractivity contribution in [3.63, 3.8) is 0 Å². The first-order valence-corrected chi connectivity index (χ1v) is 8.85. The largest absolute Gasteiger partial charge is 0.416 e. The van der Waals surface area contributed by atoms with Crippen LogP contribution < -0.4 is 0 Å². The predicted octanol–water partition coefficient (Wildman–Crippen LogP) is 5.84. The minimum absolute atomic E-state index is 0.480. The third-order valence-corrected chi connectivity index (χ3v) is 4.15. The van der Waals surface area contributed by atoms with E-state index >= 15 is 0 Å². The van der Waals surface area contributed by atoms with E-state index in [1.807, 2.05) is 54.6 Å². The van der Waals surface area contributed by atoms with E-state index in [-0.39, 0.29) is 0 Å². The van der Waals surface area contributed by atoms with Crippen molar-refractivity contribution in [1.29, 1.82) is 0 Å². The summed E-state index contributed by atoms with van der Waals surface area (Å²) in [6.45, 7) is 0. The summed E-state index contributed by atoms with van der Waals surface area (Å²) in [4.78, 5) is 0. The van der Waals surface area contributed by atoms with E-state index in [0.29, 0.717) is 5.56 Å². The maximum absolute atomic E-state index is 12.7. The maximum atomic E-state index is 12.7. The van der Waals surface area contributed by atoms with Crippen LogP contribution >= 0.6 is 0 Å². The number of hydrogen-bond donors (Lipinski definition) is 0. The van der Waals surface area contributed by atoms with Crippen LogP contribution in [0.25, 0.3) is 0 Å². The first kappa shape index (κ1) is 20.3. The van der Waals surface area contributed by atoms with E-state index < -0.39 is 17.8 Å². The lowest BCUT2D eigenvalue weighted by Crippen LogP contribution is -2.04. The molecule has 0 aromatic heterocycles. The zero-order valence-electron chi connectivity index (χ0n) is 15.6. The van der Waals surface area contributed by atoms with Crippen LogP contribution in [0, 0.1) is 23.7 Å². The molecule has 0 saturated carbocycles. The van der Waals surface area contributed by atoms with Crippen LogP contribution in [0.3, 0.4) is 0 Å². The summed E-state index contributed by atoms with van der Waals surface area (Å²) in [6, 6.07) is 21.9. The third kappa shape index (κ3) is 5.51. The van der Waals surface area contributed by atoms with Gasteiger partial charge in [0.1, 0.15) is 6.10 Å². The van der Waals surface area contributed by atoms with Crippen LogP contribution in [0.15, 0.2) is 78.9 Å². The molecule has 3 aromatic rings. The topological polar surface area (TPSA) is 9.23 Å². The third-order valence-electron chi connectivity index (χ3n) is 4.15. The van der Waals surface area contributed by atoms with Gasteiger partial charge in [0.25, 0.3) is 0 Å². The molecule has 3 rings (SSSR count). The number of halogens is 3. The van der Waals surface area contributed by atoms with Gasteiger partial charge in [0.05, 0.1) is 5.56 Å². The molecule has 0 fully saturated rings. The van der Waals surface area contributed by atoms with Crippen molar-refractivity contribution >= 4 is 0 Å². The van der Waals surface area contributed by atoms with Crippen molar-refractivity contribution in [1.82, 2.24) is 0 Å². The summed E-state index contributed by atoms with van der Waals surface area (Å²) in [7, 11) is 1.54. The fraction of sp³-hybridized carbons (Fsp3) is 0.120. The van der Waals surface area contributed by atoms with Gasteiger partial charge in [-0.1, -0.05) is 60.1 Å². The second kappa shape index (κ2) is 9.15. The van der Waals surface area contributed by atoms with E-state index in [1.165, 1.54) is 19.2 Å². The molecule has 3 aromatic carbocycles. The van der Waals surface area contributed by atoms with Crippen LogP contribution in [0.2, 0.25) is 0 Å². The average Bonchev–Trinajstić information content (AvgIpc) is 2.74. The quantitative estimate of drug-likeness (QED) is 0.499. The van der Waals surface area contributed by atoms with E-state index in [0.717, 1.165) is 28.8 Å². The van der Waals surface area contributed by atoms with Gasteiger partial charge in [-0.15, -0.1) is 0 Å². The lowest BCUT2D eigenvalue weighted by molar-refractivity contribution is -0.137. The standard InChI is InChI=1S/C25H17F3O/c1-29-24(18-14-20-12-16-22(17-13-20)25(26,27)28)23-10-6-5-9-21(23)15-11-19-7-3-2-4-8-19/h2-10,12-13,16-17,24H,1H3. The Hall–Kier alpha value is -3.47. The van der Waals surface area contributed by atoms with Gasteiger partial charge in [0.15, 0.2) is 0 Å². The van der Waals surface area contributed by atoms with Gasteiger partial charge in [0.2, 0.25) is 0 Å². The molecule has 29 heavy (non-hydrogen) atoms. The van der Waals surface area contributed by atoms with Crippen LogP contribution in [0.5, 0.6) is 0 Å². The highest BCUT2D eigenvalue weighted by Crippen LogP contribution is 2.29. The lowest BCUT2D eigenvalue weighted by atomic mass is 10.0. The second-order valence-electron chi connectivity index (χ2n) is 6.16. The molecule has 1 unspecified atom stereocenters. The van der Waals surface area contributed by atoms with Gasteiger partial charge < -0.3 is 4.74 Å². The molecule has 0 aliphatic rings. The van der Waals surface area contributed by atoms with Crippen molar-refractivity contribution in [3.8, 4) is 23.7 Å². The zero-order chi connectivity index (χ0) is 20.7. The first-order chi connectivity index (χ1) is 14.0. The Balaban J connectivity index is 1.87. The van der Waals surface area contributed by atoms with Crippen molar-refractivity contribution < 1.29 is 17.9 Å². The van der Waals surface area contributed by atoms with Crippen molar-refractivity contribution in [2.45, 2.75) is 12.3 Å². The highest BCUT2D eigenvalue weighted by atomic mass is 19.4. The summed E-state index contributed by atoms with van der Waals surface area (Å²) < 4.78 is 43.5. The van der Waals surface area contributed by atoms with Gasteiger partial charge in [-0.2, -0.15) is 13.2 Å². The van der Waals surface area contributed by atoms with Crippen LogP contribution in [-0.2, 0) is 10.9 Å². The molecule has 0 saturated heterocycles. The van der Waals surface area contributed by atoms with E-state index in [1.54, 1.807) is 0 Å². The highest BCUT2D eigenvalue weighted by molar-refractivity contribution is 5.49. The van der Waals surface area contributed by atoms with Gasteiger partial charge >= 0.3 is 6.18 Å². The highest BCUT2D eigenvalue weighted by Gasteiger charge is 2.29. The second-order valence-corrected chi connectivity index (χ2v) is 6.16. The number of hydrogen-bond acceptors (Lipinski definition) is 1. The maximum Gasteiger partial charge on any atom is 0.416 e. The molecular weight excluding hydrogens is 373 g/mol. The van der Waals surface area contributed by atoms with Gasteiger partial charge in [-0.25, -0.2) is 0 Å². The summed E-state index contributed by atoms with van der Waals surface area (Å²) >= 11 is 0. The van der Waals surface area contributed by atoms with E-state index in [4.69, 9.17) is 4.74 Å². The Morgan fingerprint density at radius 3 is 2.00 bits per heavy atom. The Labute approximate surface area is 168 Å². The zero-order valence-corrected chi connectivity index (χ0v) is 15.6. The molecule has 0 N–H and O–H groups in total. The van der Waals surface area contributed by atoms with E-state index in [2.05, 4.69) is 23.7 Å². The van der Waals surface area contributed by atoms with E-state index in [9.17, 15) is 13.2 Å². The summed E-state index contributed by atoms with van der Waals surface area (Å²) in [5.74, 6) is 12.1. The number of benzene rings is 3. The molecule has 0 spiro atoms. The molecule has 144 valence electrons. The Kier molecular flexibility index (Phi) is 6.39. The first-order valence-electron chi connectivity index (χ1n) is 8.85. The minimum atomic E-state index is -4.36. The van der Waals surface area contributed by atoms with Gasteiger partial charge in [-0.3, -0.25) is 0 Å². The Morgan fingerprint density at radius 1 is 0.724 bits per heavy atom. The Morgan fingerprint density at radius 2 is 1.34 bits per heavy atom. The molecule has 4 heteroatoms. The molecule has 1 nitrogen and oxygen atoms in total. The Bertz CT molecular complexity index is 1080. The number of methoxy groups -OCH3 is 1. The van der Waals surface area contributed by atoms with Crippen LogP contribution in [0.4, 0.5) is 13.2 Å². The molecular formula is C25H17F3O. The molecule has 1 atom stereocenters. The molecule has 0 aliphatic heterocycles. The molecule has 0 amide bonds. The average molecular weight is 390 g/mol. The summed E-state index contributed by atoms with van der Waals surface area (Å²) in [5, 5.41) is 0. The minimum Gasteiger partial charge on any atom is -0.364 e. The van der Waals surface area contributed by atoms with Crippen LogP contribution in [-0.4, -0.2) is 7.11 Å². The van der Waals surface area contributed by atoms with Gasteiger partial charge in [-0.05, 0) is 42.5 Å². The molecule has 0 aliphatic carbocycles. The molecule has 0 radical (unpaired) electrons. The predicted molar refractivity (Wildman–Crippen MR) is 107 cm³/mol. The number of ether oxygens (including phenoxy) is 1.